The van der Waals surface area contributed by atoms with Crippen molar-refractivity contribution in [2.75, 3.05) is 0 Å². The van der Waals surface area contributed by atoms with Gasteiger partial charge in [0.25, 0.3) is 0 Å². The number of ketones is 1. The van der Waals surface area contributed by atoms with E-state index in [2.05, 4.69) is 0 Å². The summed E-state index contributed by atoms with van der Waals surface area (Å²) in [7, 11) is 0. The molecule has 0 spiro atoms. The molecule has 126 valence electrons. The topological polar surface area (TPSA) is 97.0 Å². The monoisotopic (exact) mass is 330 g/mol. The van der Waals surface area contributed by atoms with E-state index in [9.17, 15) is 9.59 Å². The van der Waals surface area contributed by atoms with Crippen LogP contribution in [0.2, 0.25) is 0 Å². The number of aliphatic hydroxyl groups excluding tert-OH is 1. The molecular formula is C18H18O6. The van der Waals surface area contributed by atoms with Crippen molar-refractivity contribution in [3.8, 4) is 5.75 Å². The Morgan fingerprint density at radius 1 is 1.17 bits per heavy atom. The molecule has 0 amide bonds. The molecule has 2 N–H and O–H groups in total. The van der Waals surface area contributed by atoms with Gasteiger partial charge in [-0.25, -0.2) is 4.79 Å². The van der Waals surface area contributed by atoms with Gasteiger partial charge in [0.05, 0.1) is 6.10 Å². The smallest absolute Gasteiger partial charge is 0.371 e. The highest BCUT2D eigenvalue weighted by atomic mass is 16.5. The van der Waals surface area contributed by atoms with Gasteiger partial charge in [0, 0.05) is 18.1 Å². The molecule has 0 unspecified atom stereocenters. The van der Waals surface area contributed by atoms with Crippen molar-refractivity contribution in [2.24, 2.45) is 0 Å². The molecule has 0 atom stereocenters. The molecule has 0 aliphatic heterocycles. The van der Waals surface area contributed by atoms with Gasteiger partial charge in [-0.05, 0) is 32.0 Å². The van der Waals surface area contributed by atoms with E-state index >= 15 is 0 Å². The predicted octanol–water partition coefficient (Wildman–Crippen LogP) is 3.37. The van der Waals surface area contributed by atoms with Crippen molar-refractivity contribution in [1.82, 2.24) is 0 Å². The molecule has 2 rings (SSSR count). The molecule has 0 aliphatic rings. The van der Waals surface area contributed by atoms with Crippen LogP contribution in [0.1, 0.15) is 35.7 Å². The first kappa shape index (κ1) is 17.3. The Morgan fingerprint density at radius 3 is 2.54 bits per heavy atom. The van der Waals surface area contributed by atoms with Crippen LogP contribution >= 0.6 is 0 Å². The summed E-state index contributed by atoms with van der Waals surface area (Å²) in [5.41, 5.74) is 0.906. The third-order valence-corrected chi connectivity index (χ3v) is 3.09. The van der Waals surface area contributed by atoms with E-state index in [1.807, 2.05) is 38.1 Å². The minimum Gasteiger partial charge on any atom is -0.502 e. The Hall–Kier alpha value is -3.02. The van der Waals surface area contributed by atoms with E-state index in [0.29, 0.717) is 18.3 Å². The second kappa shape index (κ2) is 7.50. The molecular weight excluding hydrogens is 312 g/mol. The number of carboxylic acid groups (broad SMARTS) is 1. The van der Waals surface area contributed by atoms with E-state index < -0.39 is 17.5 Å². The first-order valence-electron chi connectivity index (χ1n) is 7.38. The van der Waals surface area contributed by atoms with Crippen molar-refractivity contribution in [3.05, 3.63) is 65.3 Å². The zero-order chi connectivity index (χ0) is 17.7. The number of hydrogen-bond acceptors (Lipinski definition) is 5. The van der Waals surface area contributed by atoms with Gasteiger partial charge in [0.2, 0.25) is 11.5 Å². The molecule has 0 saturated carbocycles. The van der Waals surface area contributed by atoms with Crippen LogP contribution in [-0.2, 0) is 11.2 Å². The van der Waals surface area contributed by atoms with Crippen molar-refractivity contribution < 1.29 is 29.0 Å². The highest BCUT2D eigenvalue weighted by molar-refractivity contribution is 6.06. The standard InChI is InChI=1S/C18H18O6/c1-11(2)23-16-6-4-3-5-12(16)9-13-7-8-17(24-13)14(19)10-15(20)18(21)22/h3-8,10-11,20H,9H2,1-2H3,(H,21,22). The number of furan rings is 1. The summed E-state index contributed by atoms with van der Waals surface area (Å²) in [5.74, 6) is -2.10. The summed E-state index contributed by atoms with van der Waals surface area (Å²) in [4.78, 5) is 22.3. The molecule has 1 heterocycles. The molecule has 0 saturated heterocycles. The second-order valence-electron chi connectivity index (χ2n) is 5.42. The van der Waals surface area contributed by atoms with Crippen molar-refractivity contribution in [2.45, 2.75) is 26.4 Å². The Morgan fingerprint density at radius 2 is 1.88 bits per heavy atom. The number of benzene rings is 1. The molecule has 1 aromatic carbocycles. The summed E-state index contributed by atoms with van der Waals surface area (Å²) < 4.78 is 11.2. The third-order valence-electron chi connectivity index (χ3n) is 3.09. The Balaban J connectivity index is 2.16. The third kappa shape index (κ3) is 4.49. The molecule has 2 aromatic rings. The van der Waals surface area contributed by atoms with Crippen LogP contribution in [-0.4, -0.2) is 28.1 Å². The number of aliphatic carboxylic acids is 1. The maximum Gasteiger partial charge on any atom is 0.371 e. The lowest BCUT2D eigenvalue weighted by Gasteiger charge is -2.13. The number of allylic oxidation sites excluding steroid dienone is 1. The van der Waals surface area contributed by atoms with E-state index in [-0.39, 0.29) is 11.9 Å². The number of hydrogen-bond donors (Lipinski definition) is 2. The molecule has 0 aliphatic carbocycles. The molecule has 1 aromatic heterocycles. The SMILES string of the molecule is CC(C)Oc1ccccc1Cc1ccc(C(=O)C=C(O)C(=O)O)o1. The predicted molar refractivity (Wildman–Crippen MR) is 86.4 cm³/mol. The van der Waals surface area contributed by atoms with Crippen LogP contribution in [0, 0.1) is 0 Å². The van der Waals surface area contributed by atoms with Gasteiger partial charge in [-0.1, -0.05) is 18.2 Å². The zero-order valence-corrected chi connectivity index (χ0v) is 13.4. The van der Waals surface area contributed by atoms with Crippen LogP contribution in [0.4, 0.5) is 0 Å². The molecule has 6 heteroatoms. The fraction of sp³-hybridized carbons (Fsp3) is 0.222. The van der Waals surface area contributed by atoms with Crippen LogP contribution in [0.25, 0.3) is 0 Å². The highest BCUT2D eigenvalue weighted by Gasteiger charge is 2.14. The molecule has 0 fully saturated rings. The van der Waals surface area contributed by atoms with Crippen LogP contribution in [0.15, 0.2) is 52.7 Å². The van der Waals surface area contributed by atoms with E-state index in [4.69, 9.17) is 19.4 Å². The second-order valence-corrected chi connectivity index (χ2v) is 5.42. The maximum atomic E-state index is 11.8. The number of carbonyl (C=O) groups excluding carboxylic acids is 1. The van der Waals surface area contributed by atoms with Crippen LogP contribution < -0.4 is 4.74 Å². The van der Waals surface area contributed by atoms with Crippen molar-refractivity contribution >= 4 is 11.8 Å². The zero-order valence-electron chi connectivity index (χ0n) is 13.4. The number of para-hydroxylation sites is 1. The van der Waals surface area contributed by atoms with Gasteiger partial charge in [-0.3, -0.25) is 4.79 Å². The number of aliphatic hydroxyl groups is 1. The Labute approximate surface area is 139 Å². The maximum absolute atomic E-state index is 11.8. The average molecular weight is 330 g/mol. The average Bonchev–Trinajstić information content (AvgIpc) is 2.97. The fourth-order valence-electron chi connectivity index (χ4n) is 2.07. The number of carboxylic acids is 1. The lowest BCUT2D eigenvalue weighted by molar-refractivity contribution is -0.135. The molecule has 0 radical (unpaired) electrons. The van der Waals surface area contributed by atoms with Gasteiger partial charge in [0.1, 0.15) is 11.5 Å². The molecule has 6 nitrogen and oxygen atoms in total. The van der Waals surface area contributed by atoms with Crippen LogP contribution in [0.5, 0.6) is 5.75 Å². The number of ether oxygens (including phenoxy) is 1. The molecule has 24 heavy (non-hydrogen) atoms. The largest absolute Gasteiger partial charge is 0.502 e. The fourth-order valence-corrected chi connectivity index (χ4v) is 2.07. The van der Waals surface area contributed by atoms with Gasteiger partial charge < -0.3 is 19.4 Å². The lowest BCUT2D eigenvalue weighted by atomic mass is 10.1. The number of carbonyl (C=O) groups is 2. The summed E-state index contributed by atoms with van der Waals surface area (Å²) in [5, 5.41) is 17.7. The number of rotatable bonds is 7. The first-order valence-corrected chi connectivity index (χ1v) is 7.38. The van der Waals surface area contributed by atoms with Gasteiger partial charge >= 0.3 is 5.97 Å². The minimum absolute atomic E-state index is 0.0315. The summed E-state index contributed by atoms with van der Waals surface area (Å²) in [6.07, 6.45) is 1.06. The van der Waals surface area contributed by atoms with Gasteiger partial charge in [0.15, 0.2) is 5.76 Å². The quantitative estimate of drug-likeness (QED) is 0.459. The van der Waals surface area contributed by atoms with Crippen molar-refractivity contribution in [1.29, 1.82) is 0 Å². The van der Waals surface area contributed by atoms with Gasteiger partial charge in [-0.2, -0.15) is 0 Å². The molecule has 0 bridgehead atoms. The Kier molecular flexibility index (Phi) is 5.42. The van der Waals surface area contributed by atoms with E-state index in [1.165, 1.54) is 6.07 Å². The summed E-state index contributed by atoms with van der Waals surface area (Å²) >= 11 is 0. The summed E-state index contributed by atoms with van der Waals surface area (Å²) in [6, 6.07) is 10.6. The highest BCUT2D eigenvalue weighted by Crippen LogP contribution is 2.23. The van der Waals surface area contributed by atoms with Crippen LogP contribution in [0.3, 0.4) is 0 Å². The lowest BCUT2D eigenvalue weighted by Crippen LogP contribution is -2.07. The normalized spacial score (nSPS) is 11.5. The van der Waals surface area contributed by atoms with E-state index in [0.717, 1.165) is 11.3 Å². The minimum atomic E-state index is -1.57. The van der Waals surface area contributed by atoms with E-state index in [1.54, 1.807) is 6.07 Å². The summed E-state index contributed by atoms with van der Waals surface area (Å²) in [6.45, 7) is 3.86. The van der Waals surface area contributed by atoms with Gasteiger partial charge in [-0.15, -0.1) is 0 Å². The first-order chi connectivity index (χ1) is 11.4. The van der Waals surface area contributed by atoms with Crippen molar-refractivity contribution in [3.63, 3.8) is 0 Å². The Bertz CT molecular complexity index is 769.